The molecule has 0 saturated heterocycles. The molecular weight excluding hydrogens is 358 g/mol. The summed E-state index contributed by atoms with van der Waals surface area (Å²) >= 11 is 0. The van der Waals surface area contributed by atoms with Crippen molar-refractivity contribution in [3.8, 4) is 5.69 Å². The monoisotopic (exact) mass is 373 g/mol. The molecule has 0 aliphatic carbocycles. The van der Waals surface area contributed by atoms with Gasteiger partial charge in [0.15, 0.2) is 5.54 Å². The highest BCUT2D eigenvalue weighted by Crippen LogP contribution is 2.30. The molecule has 1 heterocycles. The predicted octanol–water partition coefficient (Wildman–Crippen LogP) is 2.07. The largest absolute Gasteiger partial charge is 0.413 e. The van der Waals surface area contributed by atoms with Gasteiger partial charge in [0.2, 0.25) is 0 Å². The Balaban J connectivity index is 2.37. The first kappa shape index (κ1) is 19.6. The van der Waals surface area contributed by atoms with Crippen LogP contribution >= 0.6 is 0 Å². The van der Waals surface area contributed by atoms with Crippen molar-refractivity contribution in [3.63, 3.8) is 0 Å². The van der Waals surface area contributed by atoms with E-state index in [1.807, 2.05) is 5.32 Å². The number of hydrogen-bond donors (Lipinski definition) is 1. The van der Waals surface area contributed by atoms with E-state index in [2.05, 4.69) is 9.84 Å². The molecule has 0 unspecified atom stereocenters. The van der Waals surface area contributed by atoms with Gasteiger partial charge in [-0.05, 0) is 37.3 Å². The van der Waals surface area contributed by atoms with E-state index in [0.717, 1.165) is 43.0 Å². The summed E-state index contributed by atoms with van der Waals surface area (Å²) in [6, 6.07) is 6.63. The fourth-order valence-electron chi connectivity index (χ4n) is 2.09. The van der Waals surface area contributed by atoms with Crippen molar-refractivity contribution in [3.05, 3.63) is 58.3 Å². The molecule has 1 aromatic carbocycles. The zero-order chi connectivity index (χ0) is 19.5. The molecule has 0 aliphatic heterocycles. The molecule has 0 radical (unpaired) electrons. The smallest absolute Gasteiger partial charge is 0.382 e. The maximum atomic E-state index is 13.2. The number of methoxy groups -OCH3 is 1. The zero-order valence-corrected chi connectivity index (χ0v) is 13.8. The molecule has 1 aromatic heterocycles. The molecule has 6 nitrogen and oxygen atoms in total. The highest BCUT2D eigenvalue weighted by atomic mass is 19.4. The van der Waals surface area contributed by atoms with Crippen molar-refractivity contribution in [2.24, 2.45) is 0 Å². The Morgan fingerprint density at radius 1 is 1.19 bits per heavy atom. The number of halogens is 4. The molecule has 2 rings (SSSR count). The van der Waals surface area contributed by atoms with Crippen LogP contribution in [0, 0.1) is 5.82 Å². The van der Waals surface area contributed by atoms with Crippen molar-refractivity contribution < 1.29 is 27.1 Å². The average molecular weight is 373 g/mol. The van der Waals surface area contributed by atoms with Crippen LogP contribution in [0.3, 0.4) is 0 Å². The first-order chi connectivity index (χ1) is 12.1. The number of amides is 1. The zero-order valence-electron chi connectivity index (χ0n) is 13.8. The van der Waals surface area contributed by atoms with Gasteiger partial charge < -0.3 is 10.1 Å². The molecule has 2 aromatic rings. The fourth-order valence-corrected chi connectivity index (χ4v) is 2.09. The van der Waals surface area contributed by atoms with Gasteiger partial charge in [0.1, 0.15) is 11.5 Å². The number of carbonyl (C=O) groups is 1. The van der Waals surface area contributed by atoms with Gasteiger partial charge in [-0.1, -0.05) is 0 Å². The lowest BCUT2D eigenvalue weighted by Crippen LogP contribution is -2.59. The van der Waals surface area contributed by atoms with Gasteiger partial charge in [0.05, 0.1) is 12.3 Å². The van der Waals surface area contributed by atoms with Crippen molar-refractivity contribution in [1.29, 1.82) is 0 Å². The molecule has 0 spiro atoms. The van der Waals surface area contributed by atoms with Gasteiger partial charge in [-0.15, -0.1) is 0 Å². The van der Waals surface area contributed by atoms with Crippen LogP contribution in [0.5, 0.6) is 0 Å². The van der Waals surface area contributed by atoms with E-state index in [0.29, 0.717) is 0 Å². The minimum atomic E-state index is -4.77. The van der Waals surface area contributed by atoms with E-state index in [-0.39, 0.29) is 5.69 Å². The number of alkyl halides is 3. The third-order valence-electron chi connectivity index (χ3n) is 3.55. The highest BCUT2D eigenvalue weighted by molar-refractivity contribution is 5.92. The van der Waals surface area contributed by atoms with Gasteiger partial charge in [0, 0.05) is 13.2 Å². The van der Waals surface area contributed by atoms with Crippen molar-refractivity contribution in [2.45, 2.75) is 18.6 Å². The first-order valence-electron chi connectivity index (χ1n) is 7.32. The summed E-state index contributed by atoms with van der Waals surface area (Å²) in [4.78, 5) is 24.1. The summed E-state index contributed by atoms with van der Waals surface area (Å²) in [7, 11) is 1.07. The lowest BCUT2D eigenvalue weighted by molar-refractivity contribution is -0.200. The molecule has 0 saturated carbocycles. The molecule has 1 amide bonds. The summed E-state index contributed by atoms with van der Waals surface area (Å²) in [6.45, 7) is -0.0375. The van der Waals surface area contributed by atoms with Crippen LogP contribution in [0.4, 0.5) is 17.6 Å². The van der Waals surface area contributed by atoms with E-state index in [9.17, 15) is 27.2 Å². The second-order valence-electron chi connectivity index (χ2n) is 5.66. The van der Waals surface area contributed by atoms with Crippen molar-refractivity contribution >= 4 is 5.91 Å². The van der Waals surface area contributed by atoms with E-state index >= 15 is 0 Å². The number of hydrogen-bond acceptors (Lipinski definition) is 4. The van der Waals surface area contributed by atoms with Gasteiger partial charge in [-0.25, -0.2) is 4.39 Å². The summed E-state index contributed by atoms with van der Waals surface area (Å²) in [5.74, 6) is -1.69. The number of nitrogens with one attached hydrogen (secondary N) is 1. The van der Waals surface area contributed by atoms with Gasteiger partial charge in [-0.3, -0.25) is 9.59 Å². The molecular formula is C16H15F4N3O3. The standard InChI is InChI=1S/C16H15F4N3O3/c1-15(9-26-2,16(18,19)20)21-14(25)12-7-8-13(24)23(22-12)11-5-3-10(17)4-6-11/h3-8H,9H2,1-2H3,(H,21,25)/t15-/m0/s1. The van der Waals surface area contributed by atoms with Crippen LogP contribution < -0.4 is 10.9 Å². The van der Waals surface area contributed by atoms with Crippen LogP contribution in [-0.2, 0) is 4.74 Å². The van der Waals surface area contributed by atoms with Crippen LogP contribution in [-0.4, -0.2) is 41.1 Å². The Bertz CT molecular complexity index is 849. The predicted molar refractivity (Wildman–Crippen MR) is 83.6 cm³/mol. The summed E-state index contributed by atoms with van der Waals surface area (Å²) < 4.78 is 57.9. The van der Waals surface area contributed by atoms with E-state index in [1.54, 1.807) is 0 Å². The Kier molecular flexibility index (Phi) is 5.45. The summed E-state index contributed by atoms with van der Waals surface area (Å²) in [5.41, 5.74) is -3.54. The topological polar surface area (TPSA) is 73.2 Å². The number of ether oxygens (including phenoxy) is 1. The molecule has 0 bridgehead atoms. The quantitative estimate of drug-likeness (QED) is 0.815. The van der Waals surface area contributed by atoms with E-state index in [1.165, 1.54) is 12.1 Å². The summed E-state index contributed by atoms with van der Waals surface area (Å²) in [6.07, 6.45) is -4.77. The van der Waals surface area contributed by atoms with Crippen molar-refractivity contribution in [2.75, 3.05) is 13.7 Å². The normalized spacial score (nSPS) is 13.9. The molecule has 1 N–H and O–H groups in total. The fraction of sp³-hybridized carbons (Fsp3) is 0.312. The number of benzene rings is 1. The number of nitrogens with zero attached hydrogens (tertiary/aromatic N) is 2. The average Bonchev–Trinajstić information content (AvgIpc) is 2.55. The molecule has 26 heavy (non-hydrogen) atoms. The molecule has 140 valence electrons. The summed E-state index contributed by atoms with van der Waals surface area (Å²) in [5, 5.41) is 5.59. The third-order valence-corrected chi connectivity index (χ3v) is 3.55. The second kappa shape index (κ2) is 7.24. The SMILES string of the molecule is COC[C@](C)(NC(=O)c1ccc(=O)n(-c2ccc(F)cc2)n1)C(F)(F)F. The lowest BCUT2D eigenvalue weighted by Gasteiger charge is -2.32. The molecule has 10 heteroatoms. The molecule has 0 aliphatic rings. The minimum Gasteiger partial charge on any atom is -0.382 e. The van der Waals surface area contributed by atoms with E-state index < -0.39 is 41.3 Å². The highest BCUT2D eigenvalue weighted by Gasteiger charge is 2.52. The molecule has 0 fully saturated rings. The van der Waals surface area contributed by atoms with Crippen LogP contribution in [0.1, 0.15) is 17.4 Å². The number of rotatable bonds is 5. The Morgan fingerprint density at radius 3 is 2.35 bits per heavy atom. The Morgan fingerprint density at radius 2 is 1.81 bits per heavy atom. The third kappa shape index (κ3) is 4.07. The van der Waals surface area contributed by atoms with Gasteiger partial charge in [0.25, 0.3) is 11.5 Å². The van der Waals surface area contributed by atoms with Crippen LogP contribution in [0.25, 0.3) is 5.69 Å². The Labute approximate surface area is 145 Å². The second-order valence-corrected chi connectivity index (χ2v) is 5.66. The van der Waals surface area contributed by atoms with E-state index in [4.69, 9.17) is 0 Å². The first-order valence-corrected chi connectivity index (χ1v) is 7.32. The number of carbonyl (C=O) groups excluding carboxylic acids is 1. The number of aromatic nitrogens is 2. The maximum Gasteiger partial charge on any atom is 0.413 e. The molecule has 1 atom stereocenters. The Hall–Kier alpha value is -2.75. The maximum absolute atomic E-state index is 13.2. The van der Waals surface area contributed by atoms with Crippen LogP contribution in [0.15, 0.2) is 41.2 Å². The van der Waals surface area contributed by atoms with Crippen molar-refractivity contribution in [1.82, 2.24) is 15.1 Å². The van der Waals surface area contributed by atoms with Gasteiger partial charge >= 0.3 is 6.18 Å². The minimum absolute atomic E-state index is 0.154. The van der Waals surface area contributed by atoms with Gasteiger partial charge in [-0.2, -0.15) is 23.0 Å². The van der Waals surface area contributed by atoms with Crippen LogP contribution in [0.2, 0.25) is 0 Å². The lowest BCUT2D eigenvalue weighted by atomic mass is 10.0.